The maximum Gasteiger partial charge on any atom is 0.0524 e. The lowest BCUT2D eigenvalue weighted by Crippen LogP contribution is -2.22. The zero-order valence-electron chi connectivity index (χ0n) is 9.20. The molecule has 0 bridgehead atoms. The summed E-state index contributed by atoms with van der Waals surface area (Å²) in [7, 11) is 0. The lowest BCUT2D eigenvalue weighted by atomic mass is 10.1. The Morgan fingerprint density at radius 1 is 1.33 bits per heavy atom. The molecular weight excluding hydrogens is 254 g/mol. The van der Waals surface area contributed by atoms with Crippen LogP contribution in [0.1, 0.15) is 31.9 Å². The number of benzene rings is 1. The van der Waals surface area contributed by atoms with Gasteiger partial charge in [0.2, 0.25) is 0 Å². The summed E-state index contributed by atoms with van der Waals surface area (Å²) in [6.07, 6.45) is 0.554. The Labute approximate surface area is 99.8 Å². The van der Waals surface area contributed by atoms with Gasteiger partial charge in [0.15, 0.2) is 0 Å². The predicted molar refractivity (Wildman–Crippen MR) is 66.9 cm³/mol. The van der Waals surface area contributed by atoms with Crippen LogP contribution in [0, 0.1) is 0 Å². The van der Waals surface area contributed by atoms with E-state index in [9.17, 15) is 0 Å². The minimum Gasteiger partial charge on any atom is -0.393 e. The molecule has 0 radical (unpaired) electrons. The van der Waals surface area contributed by atoms with Crippen LogP contribution in [0.2, 0.25) is 0 Å². The SMILES string of the molecule is CC(O)CCN[C@H](C)c1ccccc1Br. The van der Waals surface area contributed by atoms with Crippen molar-refractivity contribution >= 4 is 15.9 Å². The van der Waals surface area contributed by atoms with E-state index in [-0.39, 0.29) is 6.10 Å². The molecule has 0 aliphatic heterocycles. The summed E-state index contributed by atoms with van der Waals surface area (Å²) in [5.74, 6) is 0. The number of nitrogens with one attached hydrogen (secondary N) is 1. The van der Waals surface area contributed by atoms with Crippen molar-refractivity contribution in [2.24, 2.45) is 0 Å². The summed E-state index contributed by atoms with van der Waals surface area (Å²) < 4.78 is 1.13. The molecule has 0 heterocycles. The Bertz CT molecular complexity index is 301. The third kappa shape index (κ3) is 4.33. The zero-order chi connectivity index (χ0) is 11.3. The average Bonchev–Trinajstić information content (AvgIpc) is 2.17. The van der Waals surface area contributed by atoms with Crippen LogP contribution in [-0.4, -0.2) is 17.8 Å². The fourth-order valence-electron chi connectivity index (χ4n) is 1.44. The lowest BCUT2D eigenvalue weighted by molar-refractivity contribution is 0.182. The summed E-state index contributed by atoms with van der Waals surface area (Å²) >= 11 is 3.53. The predicted octanol–water partition coefficient (Wildman–Crippen LogP) is 2.87. The third-order valence-electron chi connectivity index (χ3n) is 2.38. The normalized spacial score (nSPS) is 14.9. The zero-order valence-corrected chi connectivity index (χ0v) is 10.8. The van der Waals surface area contributed by atoms with Gasteiger partial charge in [-0.25, -0.2) is 0 Å². The molecule has 0 aliphatic carbocycles. The van der Waals surface area contributed by atoms with Crippen LogP contribution >= 0.6 is 15.9 Å². The van der Waals surface area contributed by atoms with E-state index < -0.39 is 0 Å². The topological polar surface area (TPSA) is 32.3 Å². The number of aliphatic hydroxyl groups excluding tert-OH is 1. The van der Waals surface area contributed by atoms with Crippen LogP contribution in [0.15, 0.2) is 28.7 Å². The molecule has 1 aromatic rings. The van der Waals surface area contributed by atoms with Crippen LogP contribution in [-0.2, 0) is 0 Å². The van der Waals surface area contributed by atoms with Gasteiger partial charge in [-0.05, 0) is 38.4 Å². The number of rotatable bonds is 5. The Morgan fingerprint density at radius 2 is 2.00 bits per heavy atom. The average molecular weight is 272 g/mol. The van der Waals surface area contributed by atoms with Crippen molar-refractivity contribution in [2.75, 3.05) is 6.54 Å². The standard InChI is InChI=1S/C12H18BrNO/c1-9(15)7-8-14-10(2)11-5-3-4-6-12(11)13/h3-6,9-10,14-15H,7-8H2,1-2H3/t9?,10-/m1/s1. The first-order valence-corrected chi connectivity index (χ1v) is 6.06. The van der Waals surface area contributed by atoms with Crippen LogP contribution in [0.3, 0.4) is 0 Å². The van der Waals surface area contributed by atoms with Crippen LogP contribution in [0.4, 0.5) is 0 Å². The van der Waals surface area contributed by atoms with E-state index in [0.717, 1.165) is 17.4 Å². The summed E-state index contributed by atoms with van der Waals surface area (Å²) in [6, 6.07) is 8.49. The van der Waals surface area contributed by atoms with Gasteiger partial charge in [-0.3, -0.25) is 0 Å². The quantitative estimate of drug-likeness (QED) is 0.863. The minimum atomic E-state index is -0.232. The van der Waals surface area contributed by atoms with E-state index >= 15 is 0 Å². The second kappa shape index (κ2) is 6.26. The van der Waals surface area contributed by atoms with Crippen molar-refractivity contribution in [3.05, 3.63) is 34.3 Å². The first-order chi connectivity index (χ1) is 7.11. The molecular formula is C12H18BrNO. The highest BCUT2D eigenvalue weighted by atomic mass is 79.9. The fraction of sp³-hybridized carbons (Fsp3) is 0.500. The molecule has 0 fully saturated rings. The molecule has 15 heavy (non-hydrogen) atoms. The van der Waals surface area contributed by atoms with Crippen LogP contribution in [0.5, 0.6) is 0 Å². The van der Waals surface area contributed by atoms with Gasteiger partial charge in [0.25, 0.3) is 0 Å². The largest absolute Gasteiger partial charge is 0.393 e. The maximum absolute atomic E-state index is 9.14. The van der Waals surface area contributed by atoms with Crippen molar-refractivity contribution in [3.8, 4) is 0 Å². The van der Waals surface area contributed by atoms with Crippen molar-refractivity contribution in [3.63, 3.8) is 0 Å². The highest BCUT2D eigenvalue weighted by molar-refractivity contribution is 9.10. The van der Waals surface area contributed by atoms with Gasteiger partial charge >= 0.3 is 0 Å². The Morgan fingerprint density at radius 3 is 2.60 bits per heavy atom. The fourth-order valence-corrected chi connectivity index (χ4v) is 2.07. The van der Waals surface area contributed by atoms with E-state index in [1.807, 2.05) is 25.1 Å². The first-order valence-electron chi connectivity index (χ1n) is 5.27. The van der Waals surface area contributed by atoms with E-state index in [2.05, 4.69) is 34.2 Å². The number of hydrogen-bond acceptors (Lipinski definition) is 2. The van der Waals surface area contributed by atoms with Gasteiger partial charge in [-0.1, -0.05) is 34.1 Å². The molecule has 1 aromatic carbocycles. The lowest BCUT2D eigenvalue weighted by Gasteiger charge is -2.16. The van der Waals surface area contributed by atoms with Crippen molar-refractivity contribution < 1.29 is 5.11 Å². The van der Waals surface area contributed by atoms with Gasteiger partial charge < -0.3 is 10.4 Å². The highest BCUT2D eigenvalue weighted by Gasteiger charge is 2.07. The molecule has 84 valence electrons. The van der Waals surface area contributed by atoms with E-state index in [1.54, 1.807) is 0 Å². The molecule has 0 saturated heterocycles. The number of halogens is 1. The molecule has 0 spiro atoms. The van der Waals surface area contributed by atoms with Crippen molar-refractivity contribution in [2.45, 2.75) is 32.4 Å². The second-order valence-electron chi connectivity index (χ2n) is 3.84. The molecule has 2 nitrogen and oxygen atoms in total. The molecule has 2 atom stereocenters. The summed E-state index contributed by atoms with van der Waals surface area (Å²) in [4.78, 5) is 0. The Balaban J connectivity index is 2.47. The van der Waals surface area contributed by atoms with Crippen molar-refractivity contribution in [1.29, 1.82) is 0 Å². The first kappa shape index (κ1) is 12.7. The molecule has 0 aliphatic rings. The van der Waals surface area contributed by atoms with Gasteiger partial charge in [-0.2, -0.15) is 0 Å². The van der Waals surface area contributed by atoms with Crippen LogP contribution in [0.25, 0.3) is 0 Å². The molecule has 0 saturated carbocycles. The third-order valence-corrected chi connectivity index (χ3v) is 3.11. The van der Waals surface area contributed by atoms with E-state index in [4.69, 9.17) is 5.11 Å². The Kier molecular flexibility index (Phi) is 5.29. The molecule has 3 heteroatoms. The monoisotopic (exact) mass is 271 g/mol. The van der Waals surface area contributed by atoms with Gasteiger partial charge in [0.05, 0.1) is 6.10 Å². The van der Waals surface area contributed by atoms with Crippen molar-refractivity contribution in [1.82, 2.24) is 5.32 Å². The molecule has 0 aromatic heterocycles. The number of hydrogen-bond donors (Lipinski definition) is 2. The van der Waals surface area contributed by atoms with E-state index in [0.29, 0.717) is 6.04 Å². The minimum absolute atomic E-state index is 0.232. The highest BCUT2D eigenvalue weighted by Crippen LogP contribution is 2.22. The second-order valence-corrected chi connectivity index (χ2v) is 4.69. The number of aliphatic hydroxyl groups is 1. The Hall–Kier alpha value is -0.380. The molecule has 1 unspecified atom stereocenters. The van der Waals surface area contributed by atoms with Gasteiger partial charge in [-0.15, -0.1) is 0 Å². The molecule has 1 rings (SSSR count). The summed E-state index contributed by atoms with van der Waals surface area (Å²) in [5.41, 5.74) is 1.25. The summed E-state index contributed by atoms with van der Waals surface area (Å²) in [6.45, 7) is 4.77. The smallest absolute Gasteiger partial charge is 0.0524 e. The maximum atomic E-state index is 9.14. The molecule has 0 amide bonds. The summed E-state index contributed by atoms with van der Waals surface area (Å²) in [5, 5.41) is 12.5. The van der Waals surface area contributed by atoms with Gasteiger partial charge in [0, 0.05) is 10.5 Å². The molecule has 2 N–H and O–H groups in total. The van der Waals surface area contributed by atoms with E-state index in [1.165, 1.54) is 5.56 Å². The van der Waals surface area contributed by atoms with Gasteiger partial charge in [0.1, 0.15) is 0 Å². The van der Waals surface area contributed by atoms with Crippen LogP contribution < -0.4 is 5.32 Å².